The molecule has 0 bridgehead atoms. The number of amides is 1. The third kappa shape index (κ3) is 2.12. The van der Waals surface area contributed by atoms with Crippen molar-refractivity contribution >= 4 is 29.0 Å². The van der Waals surface area contributed by atoms with Crippen LogP contribution in [0.25, 0.3) is 0 Å². The van der Waals surface area contributed by atoms with Gasteiger partial charge in [-0.3, -0.25) is 0 Å². The summed E-state index contributed by atoms with van der Waals surface area (Å²) >= 11 is 7.19. The monoisotopic (exact) mass is 205 g/mol. The van der Waals surface area contributed by atoms with Crippen LogP contribution in [0, 0.1) is 0 Å². The molecule has 0 radical (unpaired) electrons. The van der Waals surface area contributed by atoms with Gasteiger partial charge in [0.1, 0.15) is 0 Å². The third-order valence-corrected chi connectivity index (χ3v) is 2.68. The summed E-state index contributed by atoms with van der Waals surface area (Å²) in [6, 6.07) is 1.83. The van der Waals surface area contributed by atoms with Gasteiger partial charge < -0.3 is 10.0 Å². The summed E-state index contributed by atoms with van der Waals surface area (Å²) in [5.74, 6) is 0. The molecule has 0 aliphatic rings. The van der Waals surface area contributed by atoms with E-state index in [9.17, 15) is 4.79 Å². The molecule has 0 aromatic carbocycles. The summed E-state index contributed by atoms with van der Waals surface area (Å²) < 4.78 is 0.656. The van der Waals surface area contributed by atoms with Crippen LogP contribution in [0.2, 0.25) is 4.34 Å². The largest absolute Gasteiger partial charge is 0.465 e. The van der Waals surface area contributed by atoms with Gasteiger partial charge in [0.2, 0.25) is 0 Å². The molecule has 0 aliphatic heterocycles. The molecule has 0 spiro atoms. The Kier molecular flexibility index (Phi) is 2.94. The van der Waals surface area contributed by atoms with E-state index in [0.717, 1.165) is 5.56 Å². The van der Waals surface area contributed by atoms with E-state index in [2.05, 4.69) is 0 Å². The number of carbonyl (C=O) groups is 1. The van der Waals surface area contributed by atoms with Gasteiger partial charge >= 0.3 is 6.09 Å². The summed E-state index contributed by atoms with van der Waals surface area (Å²) in [4.78, 5) is 11.6. The SMILES string of the molecule is CN(Cc1ccsc1Cl)C(=O)O. The van der Waals surface area contributed by atoms with Gasteiger partial charge in [0.15, 0.2) is 0 Å². The van der Waals surface area contributed by atoms with Crippen LogP contribution in [-0.4, -0.2) is 23.1 Å². The number of thiophene rings is 1. The number of nitrogens with zero attached hydrogens (tertiary/aromatic N) is 1. The first kappa shape index (κ1) is 9.35. The lowest BCUT2D eigenvalue weighted by atomic mass is 10.3. The predicted octanol–water partition coefficient (Wildman–Crippen LogP) is 2.51. The molecule has 1 amide bonds. The molecule has 5 heteroatoms. The Bertz CT molecular complexity index is 287. The van der Waals surface area contributed by atoms with Crippen LogP contribution in [0.5, 0.6) is 0 Å². The summed E-state index contributed by atoms with van der Waals surface area (Å²) in [5.41, 5.74) is 0.853. The maximum Gasteiger partial charge on any atom is 0.407 e. The first-order valence-corrected chi connectivity index (χ1v) is 4.53. The topological polar surface area (TPSA) is 40.5 Å². The number of halogens is 1. The van der Waals surface area contributed by atoms with Gasteiger partial charge in [-0.1, -0.05) is 11.6 Å². The molecule has 0 unspecified atom stereocenters. The van der Waals surface area contributed by atoms with Gasteiger partial charge in [-0.15, -0.1) is 11.3 Å². The molecule has 0 atom stereocenters. The average Bonchev–Trinajstić information content (AvgIpc) is 2.36. The molecule has 1 rings (SSSR count). The summed E-state index contributed by atoms with van der Waals surface area (Å²) in [5, 5.41) is 10.4. The van der Waals surface area contributed by atoms with Gasteiger partial charge in [0.25, 0.3) is 0 Å². The highest BCUT2D eigenvalue weighted by atomic mass is 35.5. The minimum Gasteiger partial charge on any atom is -0.465 e. The highest BCUT2D eigenvalue weighted by Gasteiger charge is 2.08. The zero-order chi connectivity index (χ0) is 9.14. The quantitative estimate of drug-likeness (QED) is 0.806. The standard InChI is InChI=1S/C7H8ClNO2S/c1-9(7(10)11)4-5-2-3-12-6(5)8/h2-3H,4H2,1H3,(H,10,11). The third-order valence-electron chi connectivity index (χ3n) is 1.43. The Morgan fingerprint density at radius 2 is 2.50 bits per heavy atom. The van der Waals surface area contributed by atoms with Gasteiger partial charge in [-0.2, -0.15) is 0 Å². The molecule has 1 heterocycles. The van der Waals surface area contributed by atoms with Crippen LogP contribution in [0.1, 0.15) is 5.56 Å². The smallest absolute Gasteiger partial charge is 0.407 e. The fourth-order valence-corrected chi connectivity index (χ4v) is 1.67. The normalized spacial score (nSPS) is 9.83. The minimum atomic E-state index is -0.947. The van der Waals surface area contributed by atoms with Crippen molar-refractivity contribution in [1.82, 2.24) is 4.90 Å². The van der Waals surface area contributed by atoms with Crippen molar-refractivity contribution in [3.63, 3.8) is 0 Å². The second-order valence-electron chi connectivity index (χ2n) is 2.36. The van der Waals surface area contributed by atoms with E-state index in [-0.39, 0.29) is 0 Å². The summed E-state index contributed by atoms with van der Waals surface area (Å²) in [6.07, 6.45) is -0.947. The molecule has 1 N–H and O–H groups in total. The van der Waals surface area contributed by atoms with E-state index in [1.54, 1.807) is 0 Å². The average molecular weight is 206 g/mol. The fourth-order valence-electron chi connectivity index (χ4n) is 0.755. The molecular weight excluding hydrogens is 198 g/mol. The fraction of sp³-hybridized carbons (Fsp3) is 0.286. The zero-order valence-corrected chi connectivity index (χ0v) is 8.02. The number of carboxylic acid groups (broad SMARTS) is 1. The van der Waals surface area contributed by atoms with E-state index in [1.807, 2.05) is 11.4 Å². The van der Waals surface area contributed by atoms with E-state index in [1.165, 1.54) is 23.3 Å². The zero-order valence-electron chi connectivity index (χ0n) is 6.45. The van der Waals surface area contributed by atoms with Crippen LogP contribution in [0.3, 0.4) is 0 Å². The maximum atomic E-state index is 10.4. The Morgan fingerprint density at radius 3 is 2.92 bits per heavy atom. The maximum absolute atomic E-state index is 10.4. The molecule has 3 nitrogen and oxygen atoms in total. The molecule has 1 aromatic rings. The molecule has 0 aliphatic carbocycles. The molecular formula is C7H8ClNO2S. The first-order valence-electron chi connectivity index (χ1n) is 3.27. The number of rotatable bonds is 2. The Balaban J connectivity index is 2.64. The minimum absolute atomic E-state index is 0.345. The van der Waals surface area contributed by atoms with E-state index in [4.69, 9.17) is 16.7 Å². The van der Waals surface area contributed by atoms with Crippen molar-refractivity contribution < 1.29 is 9.90 Å². The van der Waals surface area contributed by atoms with Gasteiger partial charge in [0.05, 0.1) is 10.9 Å². The van der Waals surface area contributed by atoms with E-state index < -0.39 is 6.09 Å². The highest BCUT2D eigenvalue weighted by molar-refractivity contribution is 7.14. The van der Waals surface area contributed by atoms with E-state index >= 15 is 0 Å². The Labute approximate surface area is 79.2 Å². The van der Waals surface area contributed by atoms with E-state index in [0.29, 0.717) is 10.9 Å². The second-order valence-corrected chi connectivity index (χ2v) is 3.88. The number of hydrogen-bond acceptors (Lipinski definition) is 2. The lowest BCUT2D eigenvalue weighted by Gasteiger charge is -2.11. The van der Waals surface area contributed by atoms with Crippen molar-refractivity contribution in [2.45, 2.75) is 6.54 Å². The van der Waals surface area contributed by atoms with Gasteiger partial charge in [-0.25, -0.2) is 4.79 Å². The lowest BCUT2D eigenvalue weighted by Crippen LogP contribution is -2.23. The molecule has 0 saturated heterocycles. The van der Waals surface area contributed by atoms with Crippen LogP contribution >= 0.6 is 22.9 Å². The van der Waals surface area contributed by atoms with Crippen LogP contribution in [0.4, 0.5) is 4.79 Å². The van der Waals surface area contributed by atoms with Gasteiger partial charge in [-0.05, 0) is 11.4 Å². The predicted molar refractivity (Wildman–Crippen MR) is 48.8 cm³/mol. The van der Waals surface area contributed by atoms with Crippen LogP contribution in [-0.2, 0) is 6.54 Å². The number of hydrogen-bond donors (Lipinski definition) is 1. The summed E-state index contributed by atoms with van der Waals surface area (Å²) in [7, 11) is 1.51. The van der Waals surface area contributed by atoms with Crippen molar-refractivity contribution in [2.24, 2.45) is 0 Å². The van der Waals surface area contributed by atoms with Crippen molar-refractivity contribution in [1.29, 1.82) is 0 Å². The Hall–Kier alpha value is -0.740. The first-order chi connectivity index (χ1) is 5.61. The van der Waals surface area contributed by atoms with Gasteiger partial charge in [0, 0.05) is 12.6 Å². The van der Waals surface area contributed by atoms with Crippen molar-refractivity contribution in [3.05, 3.63) is 21.3 Å². The van der Waals surface area contributed by atoms with Crippen molar-refractivity contribution in [2.75, 3.05) is 7.05 Å². The summed E-state index contributed by atoms with van der Waals surface area (Å²) in [6.45, 7) is 0.345. The second kappa shape index (κ2) is 3.78. The van der Waals surface area contributed by atoms with Crippen LogP contribution in [0.15, 0.2) is 11.4 Å². The molecule has 0 fully saturated rings. The highest BCUT2D eigenvalue weighted by Crippen LogP contribution is 2.23. The van der Waals surface area contributed by atoms with Crippen LogP contribution < -0.4 is 0 Å². The molecule has 0 saturated carbocycles. The van der Waals surface area contributed by atoms with Crippen molar-refractivity contribution in [3.8, 4) is 0 Å². The molecule has 66 valence electrons. The molecule has 1 aromatic heterocycles. The lowest BCUT2D eigenvalue weighted by molar-refractivity contribution is 0.154. The molecule has 12 heavy (non-hydrogen) atoms. The Morgan fingerprint density at radius 1 is 1.83 bits per heavy atom.